The zero-order valence-electron chi connectivity index (χ0n) is 6.24. The summed E-state index contributed by atoms with van der Waals surface area (Å²) in [5, 5.41) is 0.501. The molecule has 0 radical (unpaired) electrons. The Labute approximate surface area is 88.1 Å². The Kier molecular flexibility index (Phi) is 3.29. The minimum absolute atomic E-state index is 0.0833. The molecule has 0 nitrogen and oxygen atoms in total. The quantitative estimate of drug-likeness (QED) is 0.682. The summed E-state index contributed by atoms with van der Waals surface area (Å²) in [7, 11) is 0. The highest BCUT2D eigenvalue weighted by Crippen LogP contribution is 2.30. The van der Waals surface area contributed by atoms with Crippen molar-refractivity contribution in [2.24, 2.45) is 0 Å². The molecular formula is C8H6ClF2I. The predicted octanol–water partition coefficient (Wildman–Crippen LogP) is 4.19. The van der Waals surface area contributed by atoms with Gasteiger partial charge in [0.25, 0.3) is 6.43 Å². The third kappa shape index (κ3) is 2.07. The Morgan fingerprint density at radius 1 is 1.42 bits per heavy atom. The molecule has 66 valence electrons. The summed E-state index contributed by atoms with van der Waals surface area (Å²) in [6, 6.07) is 3.09. The first-order valence-electron chi connectivity index (χ1n) is 3.26. The molecule has 4 heteroatoms. The lowest BCUT2D eigenvalue weighted by atomic mass is 10.1. The smallest absolute Gasteiger partial charge is 0.205 e. The van der Waals surface area contributed by atoms with Crippen molar-refractivity contribution < 1.29 is 8.78 Å². The highest BCUT2D eigenvalue weighted by atomic mass is 127. The lowest BCUT2D eigenvalue weighted by molar-refractivity contribution is 0.149. The van der Waals surface area contributed by atoms with Crippen molar-refractivity contribution in [1.82, 2.24) is 0 Å². The normalized spacial score (nSPS) is 10.8. The van der Waals surface area contributed by atoms with E-state index in [-0.39, 0.29) is 5.56 Å². The highest BCUT2D eigenvalue weighted by Gasteiger charge is 2.14. The predicted molar refractivity (Wildman–Crippen MR) is 53.9 cm³/mol. The Bertz CT molecular complexity index is 276. The van der Waals surface area contributed by atoms with Gasteiger partial charge in [0.05, 0.1) is 0 Å². The minimum Gasteiger partial charge on any atom is -0.205 e. The topological polar surface area (TPSA) is 0 Å². The van der Waals surface area contributed by atoms with E-state index in [0.717, 1.165) is 0 Å². The van der Waals surface area contributed by atoms with Gasteiger partial charge in [-0.2, -0.15) is 0 Å². The zero-order valence-corrected chi connectivity index (χ0v) is 9.16. The van der Waals surface area contributed by atoms with Gasteiger partial charge in [0.2, 0.25) is 0 Å². The molecule has 0 unspecified atom stereocenters. The third-order valence-electron chi connectivity index (χ3n) is 1.52. The molecule has 0 aliphatic heterocycles. The number of aryl methyl sites for hydroxylation is 1. The molecule has 1 rings (SSSR count). The molecular weight excluding hydrogens is 296 g/mol. The molecule has 1 aromatic rings. The van der Waals surface area contributed by atoms with Crippen LogP contribution in [0.25, 0.3) is 0 Å². The second-order valence-corrected chi connectivity index (χ2v) is 4.02. The Morgan fingerprint density at radius 3 is 2.42 bits per heavy atom. The Morgan fingerprint density at radius 2 is 2.00 bits per heavy atom. The van der Waals surface area contributed by atoms with Gasteiger partial charge in [-0.3, -0.25) is 0 Å². The zero-order chi connectivity index (χ0) is 9.30. The van der Waals surface area contributed by atoms with Crippen molar-refractivity contribution in [3.8, 4) is 0 Å². The van der Waals surface area contributed by atoms with E-state index >= 15 is 0 Å². The summed E-state index contributed by atoms with van der Waals surface area (Å²) >= 11 is 7.54. The van der Waals surface area contributed by atoms with Gasteiger partial charge < -0.3 is 0 Å². The second kappa shape index (κ2) is 3.87. The largest absolute Gasteiger partial charge is 0.265 e. The van der Waals surface area contributed by atoms with E-state index in [9.17, 15) is 8.78 Å². The van der Waals surface area contributed by atoms with Crippen LogP contribution in [-0.2, 0) is 0 Å². The number of hydrogen-bond acceptors (Lipinski definition) is 0. The van der Waals surface area contributed by atoms with E-state index < -0.39 is 6.43 Å². The van der Waals surface area contributed by atoms with E-state index in [2.05, 4.69) is 0 Å². The van der Waals surface area contributed by atoms with E-state index in [4.69, 9.17) is 11.6 Å². The third-order valence-corrected chi connectivity index (χ3v) is 2.63. The van der Waals surface area contributed by atoms with Crippen LogP contribution < -0.4 is 0 Å². The highest BCUT2D eigenvalue weighted by molar-refractivity contribution is 14.1. The summed E-state index contributed by atoms with van der Waals surface area (Å²) in [6.45, 7) is 1.63. The van der Waals surface area contributed by atoms with Crippen LogP contribution in [-0.4, -0.2) is 0 Å². The summed E-state index contributed by atoms with van der Waals surface area (Å²) in [5.41, 5.74) is 0.627. The van der Waals surface area contributed by atoms with Crippen LogP contribution in [0, 0.1) is 10.5 Å². The molecule has 0 atom stereocenters. The molecule has 0 N–H and O–H groups in total. The number of rotatable bonds is 1. The van der Waals surface area contributed by atoms with Crippen LogP contribution in [0.3, 0.4) is 0 Å². The summed E-state index contributed by atoms with van der Waals surface area (Å²) in [6.07, 6.45) is -2.42. The molecule has 0 aromatic heterocycles. The van der Waals surface area contributed by atoms with E-state index in [1.165, 1.54) is 6.07 Å². The van der Waals surface area contributed by atoms with Crippen molar-refractivity contribution >= 4 is 34.2 Å². The molecule has 0 amide bonds. The summed E-state index contributed by atoms with van der Waals surface area (Å²) in [4.78, 5) is 0. The molecule has 1 aromatic carbocycles. The van der Waals surface area contributed by atoms with Gasteiger partial charge in [0.15, 0.2) is 0 Å². The molecule has 0 saturated heterocycles. The standard InChI is InChI=1S/C8H6ClF2I/c1-4-2-5(9)3-6(12)7(4)8(10)11/h2-3,8H,1H3. The maximum atomic E-state index is 12.4. The summed E-state index contributed by atoms with van der Waals surface area (Å²) in [5.74, 6) is 0. The average molecular weight is 302 g/mol. The van der Waals surface area contributed by atoms with Crippen LogP contribution >= 0.6 is 34.2 Å². The molecule has 0 bridgehead atoms. The molecule has 0 fully saturated rings. The lowest BCUT2D eigenvalue weighted by Gasteiger charge is -2.07. The lowest BCUT2D eigenvalue weighted by Crippen LogP contribution is -1.93. The SMILES string of the molecule is Cc1cc(Cl)cc(I)c1C(F)F. The number of alkyl halides is 2. The van der Waals surface area contributed by atoms with Crippen molar-refractivity contribution in [3.05, 3.63) is 31.9 Å². The average Bonchev–Trinajstić information content (AvgIpc) is 1.82. The van der Waals surface area contributed by atoms with Crippen molar-refractivity contribution in [3.63, 3.8) is 0 Å². The summed E-state index contributed by atoms with van der Waals surface area (Å²) < 4.78 is 25.3. The molecule has 0 heterocycles. The van der Waals surface area contributed by atoms with Gasteiger partial charge in [-0.25, -0.2) is 8.78 Å². The van der Waals surface area contributed by atoms with Crippen molar-refractivity contribution in [1.29, 1.82) is 0 Å². The van der Waals surface area contributed by atoms with Gasteiger partial charge in [0, 0.05) is 14.2 Å². The van der Waals surface area contributed by atoms with Gasteiger partial charge in [-0.1, -0.05) is 11.6 Å². The molecule has 12 heavy (non-hydrogen) atoms. The van der Waals surface area contributed by atoms with Gasteiger partial charge >= 0.3 is 0 Å². The fourth-order valence-corrected chi connectivity index (χ4v) is 2.44. The number of benzene rings is 1. The molecule has 0 saturated carbocycles. The molecule has 0 aliphatic rings. The van der Waals surface area contributed by atoms with Crippen molar-refractivity contribution in [2.45, 2.75) is 13.3 Å². The minimum atomic E-state index is -2.42. The van der Waals surface area contributed by atoms with E-state index in [0.29, 0.717) is 14.2 Å². The Hall–Kier alpha value is 0.1000. The van der Waals surface area contributed by atoms with E-state index in [1.54, 1.807) is 13.0 Å². The molecule has 0 aliphatic carbocycles. The monoisotopic (exact) mass is 302 g/mol. The fraction of sp³-hybridized carbons (Fsp3) is 0.250. The van der Waals surface area contributed by atoms with Crippen LogP contribution in [0.2, 0.25) is 5.02 Å². The van der Waals surface area contributed by atoms with Gasteiger partial charge in [0.1, 0.15) is 0 Å². The van der Waals surface area contributed by atoms with Gasteiger partial charge in [-0.05, 0) is 47.2 Å². The second-order valence-electron chi connectivity index (χ2n) is 2.42. The van der Waals surface area contributed by atoms with Crippen molar-refractivity contribution in [2.75, 3.05) is 0 Å². The first-order chi connectivity index (χ1) is 5.52. The molecule has 0 spiro atoms. The van der Waals surface area contributed by atoms with E-state index in [1.807, 2.05) is 22.6 Å². The fourth-order valence-electron chi connectivity index (χ4n) is 0.990. The Balaban J connectivity index is 3.28. The van der Waals surface area contributed by atoms with Crippen LogP contribution in [0.5, 0.6) is 0 Å². The number of halogens is 4. The van der Waals surface area contributed by atoms with Crippen LogP contribution in [0.1, 0.15) is 17.6 Å². The maximum Gasteiger partial charge on any atom is 0.265 e. The van der Waals surface area contributed by atoms with Gasteiger partial charge in [-0.15, -0.1) is 0 Å². The van der Waals surface area contributed by atoms with Crippen LogP contribution in [0.15, 0.2) is 12.1 Å². The maximum absolute atomic E-state index is 12.4. The first kappa shape index (κ1) is 10.2. The van der Waals surface area contributed by atoms with Crippen LogP contribution in [0.4, 0.5) is 8.78 Å². The first-order valence-corrected chi connectivity index (χ1v) is 4.71. The number of hydrogen-bond donors (Lipinski definition) is 0.